The molecule has 4 heterocycles. The lowest BCUT2D eigenvalue weighted by Gasteiger charge is -2.09. The number of amides is 1. The Morgan fingerprint density at radius 1 is 1.03 bits per heavy atom. The number of aromatic nitrogens is 5. The van der Waals surface area contributed by atoms with Crippen LogP contribution in [0.25, 0.3) is 42.6 Å². The standard InChI is InChI=1S/C22H18N6O3S/c1-27(2)17(29)11-28-10-14(7-24-28)12-3-5-13(6-4-12)15-8-23-9-16-18(15)19-20(32-16)21(30)26-22(31)25-19/h3-10H,11H2,1-2H3,(H2,25,26,30,31). The number of likely N-dealkylation sites (N-methyl/N-ethyl adjacent to an activating group) is 1. The Bertz CT molecular complexity index is 1590. The molecule has 5 rings (SSSR count). The smallest absolute Gasteiger partial charge is 0.326 e. The molecule has 0 radical (unpaired) electrons. The Balaban J connectivity index is 1.54. The van der Waals surface area contributed by atoms with E-state index in [2.05, 4.69) is 20.1 Å². The van der Waals surface area contributed by atoms with E-state index >= 15 is 0 Å². The number of benzene rings is 1. The maximum atomic E-state index is 12.2. The average molecular weight is 446 g/mol. The molecule has 0 spiro atoms. The van der Waals surface area contributed by atoms with Crippen LogP contribution < -0.4 is 11.2 Å². The molecule has 4 aromatic heterocycles. The van der Waals surface area contributed by atoms with Gasteiger partial charge in [0, 0.05) is 49.2 Å². The number of hydrogen-bond donors (Lipinski definition) is 2. The predicted molar refractivity (Wildman–Crippen MR) is 124 cm³/mol. The molecule has 160 valence electrons. The molecule has 9 nitrogen and oxygen atoms in total. The van der Waals surface area contributed by atoms with Gasteiger partial charge in [0.05, 0.1) is 16.4 Å². The van der Waals surface area contributed by atoms with Crippen molar-refractivity contribution in [3.05, 3.63) is 69.9 Å². The first-order chi connectivity index (χ1) is 15.4. The molecule has 0 saturated carbocycles. The quantitative estimate of drug-likeness (QED) is 0.440. The Labute approximate surface area is 185 Å². The lowest BCUT2D eigenvalue weighted by atomic mass is 10.0. The third kappa shape index (κ3) is 3.40. The number of nitrogens with zero attached hydrogens (tertiary/aromatic N) is 4. The Morgan fingerprint density at radius 2 is 1.78 bits per heavy atom. The van der Waals surface area contributed by atoms with Crippen molar-refractivity contribution in [1.82, 2.24) is 29.6 Å². The highest BCUT2D eigenvalue weighted by atomic mass is 32.1. The van der Waals surface area contributed by atoms with Crippen LogP contribution in [0.5, 0.6) is 0 Å². The van der Waals surface area contributed by atoms with E-state index in [4.69, 9.17) is 0 Å². The van der Waals surface area contributed by atoms with Crippen LogP contribution in [0.2, 0.25) is 0 Å². The lowest BCUT2D eigenvalue weighted by molar-refractivity contribution is -0.129. The third-order valence-corrected chi connectivity index (χ3v) is 6.35. The van der Waals surface area contributed by atoms with Gasteiger partial charge in [0.1, 0.15) is 11.2 Å². The Morgan fingerprint density at radius 3 is 2.53 bits per heavy atom. The molecular weight excluding hydrogens is 428 g/mol. The summed E-state index contributed by atoms with van der Waals surface area (Å²) in [6.07, 6.45) is 6.98. The van der Waals surface area contributed by atoms with Crippen LogP contribution >= 0.6 is 11.3 Å². The first kappa shape index (κ1) is 19.9. The molecule has 32 heavy (non-hydrogen) atoms. The van der Waals surface area contributed by atoms with Crippen molar-refractivity contribution in [2.45, 2.75) is 6.54 Å². The van der Waals surface area contributed by atoms with E-state index in [1.807, 2.05) is 30.5 Å². The number of carbonyl (C=O) groups excluding carboxylic acids is 1. The minimum atomic E-state index is -0.537. The molecule has 0 aliphatic rings. The van der Waals surface area contributed by atoms with Gasteiger partial charge in [-0.15, -0.1) is 11.3 Å². The maximum Gasteiger partial charge on any atom is 0.326 e. The van der Waals surface area contributed by atoms with Gasteiger partial charge in [-0.2, -0.15) is 5.10 Å². The number of H-pyrrole nitrogens is 2. The molecule has 0 fully saturated rings. The molecule has 10 heteroatoms. The molecule has 1 amide bonds. The van der Waals surface area contributed by atoms with Gasteiger partial charge in [-0.05, 0) is 11.1 Å². The topological polar surface area (TPSA) is 117 Å². The highest BCUT2D eigenvalue weighted by Gasteiger charge is 2.15. The number of pyridine rings is 1. The summed E-state index contributed by atoms with van der Waals surface area (Å²) in [4.78, 5) is 46.8. The van der Waals surface area contributed by atoms with Gasteiger partial charge in [0.15, 0.2) is 0 Å². The van der Waals surface area contributed by atoms with Crippen LogP contribution in [0, 0.1) is 0 Å². The van der Waals surface area contributed by atoms with Gasteiger partial charge in [0.25, 0.3) is 5.56 Å². The number of aromatic amines is 2. The summed E-state index contributed by atoms with van der Waals surface area (Å²) in [5, 5.41) is 5.07. The molecule has 2 N–H and O–H groups in total. The van der Waals surface area contributed by atoms with E-state index in [0.717, 1.165) is 32.3 Å². The zero-order valence-electron chi connectivity index (χ0n) is 17.2. The van der Waals surface area contributed by atoms with Gasteiger partial charge in [0.2, 0.25) is 5.91 Å². The van der Waals surface area contributed by atoms with Crippen molar-refractivity contribution in [3.63, 3.8) is 0 Å². The fourth-order valence-corrected chi connectivity index (χ4v) is 4.62. The van der Waals surface area contributed by atoms with E-state index in [-0.39, 0.29) is 12.5 Å². The van der Waals surface area contributed by atoms with Crippen LogP contribution in [-0.2, 0) is 11.3 Å². The Hall–Kier alpha value is -4.05. The normalized spacial score (nSPS) is 11.3. The first-order valence-corrected chi connectivity index (χ1v) is 10.6. The van der Waals surface area contributed by atoms with Crippen molar-refractivity contribution in [2.24, 2.45) is 0 Å². The number of fused-ring (bicyclic) bond motifs is 3. The van der Waals surface area contributed by atoms with E-state index in [0.29, 0.717) is 10.2 Å². The fourth-order valence-electron chi connectivity index (χ4n) is 3.58. The molecule has 0 atom stereocenters. The van der Waals surface area contributed by atoms with Crippen LogP contribution in [0.4, 0.5) is 0 Å². The summed E-state index contributed by atoms with van der Waals surface area (Å²) in [6, 6.07) is 7.85. The summed E-state index contributed by atoms with van der Waals surface area (Å²) in [7, 11) is 3.42. The molecular formula is C22H18N6O3S. The second-order valence-electron chi connectivity index (χ2n) is 7.57. The van der Waals surface area contributed by atoms with Gasteiger partial charge >= 0.3 is 5.69 Å². The molecule has 0 aliphatic heterocycles. The largest absolute Gasteiger partial charge is 0.347 e. The average Bonchev–Trinajstić information content (AvgIpc) is 3.39. The molecule has 0 saturated heterocycles. The van der Waals surface area contributed by atoms with Crippen LogP contribution in [-0.4, -0.2) is 49.6 Å². The SMILES string of the molecule is CN(C)C(=O)Cn1cc(-c2ccc(-c3cncc4sc5c(=O)[nH]c(=O)[nH]c5c34)cc2)cn1. The van der Waals surface area contributed by atoms with Gasteiger partial charge < -0.3 is 9.88 Å². The summed E-state index contributed by atoms with van der Waals surface area (Å²) in [6.45, 7) is 0.182. The van der Waals surface area contributed by atoms with Crippen molar-refractivity contribution in [1.29, 1.82) is 0 Å². The van der Waals surface area contributed by atoms with E-state index < -0.39 is 11.2 Å². The second kappa shape index (κ2) is 7.57. The van der Waals surface area contributed by atoms with E-state index in [1.54, 1.807) is 37.4 Å². The second-order valence-corrected chi connectivity index (χ2v) is 8.62. The van der Waals surface area contributed by atoms with Crippen molar-refractivity contribution >= 4 is 37.5 Å². The maximum absolute atomic E-state index is 12.2. The molecule has 0 aliphatic carbocycles. The number of hydrogen-bond acceptors (Lipinski definition) is 6. The van der Waals surface area contributed by atoms with Gasteiger partial charge in [-0.3, -0.25) is 24.2 Å². The number of nitrogens with one attached hydrogen (secondary N) is 2. The molecule has 5 aromatic rings. The number of rotatable bonds is 4. The zero-order chi connectivity index (χ0) is 22.4. The highest BCUT2D eigenvalue weighted by Crippen LogP contribution is 2.37. The van der Waals surface area contributed by atoms with E-state index in [1.165, 1.54) is 16.2 Å². The minimum absolute atomic E-state index is 0.0320. The molecule has 0 unspecified atom stereocenters. The monoisotopic (exact) mass is 446 g/mol. The molecule has 1 aromatic carbocycles. The lowest BCUT2D eigenvalue weighted by Crippen LogP contribution is -2.26. The summed E-state index contributed by atoms with van der Waals surface area (Å²) < 4.78 is 2.90. The van der Waals surface area contributed by atoms with Crippen LogP contribution in [0.1, 0.15) is 0 Å². The van der Waals surface area contributed by atoms with Crippen LogP contribution in [0.3, 0.4) is 0 Å². The summed E-state index contributed by atoms with van der Waals surface area (Å²) >= 11 is 1.30. The van der Waals surface area contributed by atoms with Crippen molar-refractivity contribution < 1.29 is 4.79 Å². The molecule has 0 bridgehead atoms. The van der Waals surface area contributed by atoms with Crippen molar-refractivity contribution in [2.75, 3.05) is 14.1 Å². The first-order valence-electron chi connectivity index (χ1n) is 9.77. The third-order valence-electron chi connectivity index (χ3n) is 5.23. The van der Waals surface area contributed by atoms with Gasteiger partial charge in [-0.1, -0.05) is 24.3 Å². The predicted octanol–water partition coefficient (Wildman–Crippen LogP) is 2.44. The minimum Gasteiger partial charge on any atom is -0.347 e. The van der Waals surface area contributed by atoms with Crippen LogP contribution in [0.15, 0.2) is 58.6 Å². The number of thiophene rings is 1. The zero-order valence-corrected chi connectivity index (χ0v) is 18.1. The Kier molecular flexibility index (Phi) is 4.71. The highest BCUT2D eigenvalue weighted by molar-refractivity contribution is 7.25. The number of carbonyl (C=O) groups is 1. The van der Waals surface area contributed by atoms with Gasteiger partial charge in [-0.25, -0.2) is 4.79 Å². The fraction of sp³-hybridized carbons (Fsp3) is 0.136. The summed E-state index contributed by atoms with van der Waals surface area (Å²) in [5.41, 5.74) is 3.17. The van der Waals surface area contributed by atoms with Crippen molar-refractivity contribution in [3.8, 4) is 22.3 Å². The van der Waals surface area contributed by atoms with E-state index in [9.17, 15) is 14.4 Å². The summed E-state index contributed by atoms with van der Waals surface area (Å²) in [5.74, 6) is -0.0320.